The van der Waals surface area contributed by atoms with Crippen molar-refractivity contribution in [2.75, 3.05) is 12.3 Å². The number of hydrogen-bond acceptors (Lipinski definition) is 4. The minimum Gasteiger partial charge on any atom is -0.348 e. The van der Waals surface area contributed by atoms with Crippen LogP contribution in [0, 0.1) is 11.3 Å². The lowest BCUT2D eigenvalue weighted by Gasteiger charge is -2.04. The van der Waals surface area contributed by atoms with Gasteiger partial charge in [0.1, 0.15) is 11.6 Å². The van der Waals surface area contributed by atoms with Crippen molar-refractivity contribution in [1.29, 1.82) is 5.26 Å². The van der Waals surface area contributed by atoms with Crippen LogP contribution in [0.15, 0.2) is 83.9 Å². The predicted octanol–water partition coefficient (Wildman–Crippen LogP) is 5.25. The van der Waals surface area contributed by atoms with Gasteiger partial charge in [0.15, 0.2) is 0 Å². The number of amides is 1. The molecule has 1 N–H and O–H groups in total. The molecular formula is C25H24N4OS. The van der Waals surface area contributed by atoms with Gasteiger partial charge in [0.25, 0.3) is 5.91 Å². The molecule has 156 valence electrons. The first kappa shape index (κ1) is 22.1. The van der Waals surface area contributed by atoms with Crippen LogP contribution in [0.3, 0.4) is 0 Å². The normalized spacial score (nSPS) is 11.0. The van der Waals surface area contributed by atoms with Gasteiger partial charge in [-0.05, 0) is 42.5 Å². The number of benzene rings is 2. The van der Waals surface area contributed by atoms with Crippen molar-refractivity contribution < 1.29 is 4.79 Å². The maximum atomic E-state index is 12.3. The van der Waals surface area contributed by atoms with Crippen LogP contribution < -0.4 is 5.32 Å². The van der Waals surface area contributed by atoms with Crippen LogP contribution in [0.4, 0.5) is 0 Å². The lowest BCUT2D eigenvalue weighted by molar-refractivity contribution is -0.116. The van der Waals surface area contributed by atoms with Gasteiger partial charge in [-0.3, -0.25) is 4.79 Å². The molecule has 0 unspecified atom stereocenters. The van der Waals surface area contributed by atoms with E-state index in [2.05, 4.69) is 31.0 Å². The van der Waals surface area contributed by atoms with Crippen LogP contribution >= 0.6 is 11.8 Å². The average Bonchev–Trinajstić information content (AvgIpc) is 3.24. The van der Waals surface area contributed by atoms with E-state index in [4.69, 9.17) is 5.10 Å². The van der Waals surface area contributed by atoms with Crippen LogP contribution in [0.2, 0.25) is 0 Å². The van der Waals surface area contributed by atoms with Gasteiger partial charge in [0.05, 0.1) is 11.4 Å². The number of thioether (sulfide) groups is 1. The fourth-order valence-electron chi connectivity index (χ4n) is 2.92. The largest absolute Gasteiger partial charge is 0.348 e. The minimum atomic E-state index is -0.438. The Hall–Kier alpha value is -3.56. The number of carbonyl (C=O) groups is 1. The van der Waals surface area contributed by atoms with Gasteiger partial charge in [-0.2, -0.15) is 10.4 Å². The Morgan fingerprint density at radius 3 is 2.61 bits per heavy atom. The molecule has 0 spiro atoms. The number of nitrogens with one attached hydrogen (secondary N) is 1. The molecule has 2 aromatic carbocycles. The van der Waals surface area contributed by atoms with Gasteiger partial charge >= 0.3 is 0 Å². The Labute approximate surface area is 187 Å². The van der Waals surface area contributed by atoms with Gasteiger partial charge in [0, 0.05) is 28.8 Å². The third-order valence-corrected chi connectivity index (χ3v) is 5.65. The maximum absolute atomic E-state index is 12.3. The van der Waals surface area contributed by atoms with E-state index in [-0.39, 0.29) is 5.57 Å². The van der Waals surface area contributed by atoms with Crippen molar-refractivity contribution >= 4 is 23.7 Å². The van der Waals surface area contributed by atoms with E-state index in [0.717, 1.165) is 23.4 Å². The van der Waals surface area contributed by atoms with Crippen molar-refractivity contribution in [3.63, 3.8) is 0 Å². The fourth-order valence-corrected chi connectivity index (χ4v) is 3.69. The molecule has 1 aromatic heterocycles. The number of carbonyl (C=O) groups excluding carboxylic acids is 1. The standard InChI is InChI=1S/C25H24N4OS/c1-3-14-27-25(30)20(17-26)16-21-18-29(22-8-6-5-7-9-22)28-24(21)19-10-12-23(13-11-19)31-15-4-2/h3,5-13,16,18H,1,4,14-15H2,2H3,(H,27,30)/b20-16+. The summed E-state index contributed by atoms with van der Waals surface area (Å²) in [4.78, 5) is 13.5. The molecule has 6 heteroatoms. The molecule has 0 radical (unpaired) electrons. The summed E-state index contributed by atoms with van der Waals surface area (Å²) in [5, 5.41) is 16.9. The van der Waals surface area contributed by atoms with E-state index in [1.165, 1.54) is 4.90 Å². The van der Waals surface area contributed by atoms with E-state index in [1.54, 1.807) is 16.8 Å². The molecule has 0 aliphatic heterocycles. The molecular weight excluding hydrogens is 404 g/mol. The smallest absolute Gasteiger partial charge is 0.262 e. The van der Waals surface area contributed by atoms with Crippen molar-refractivity contribution in [3.05, 3.63) is 84.6 Å². The van der Waals surface area contributed by atoms with Crippen molar-refractivity contribution in [1.82, 2.24) is 15.1 Å². The molecule has 0 bridgehead atoms. The number of nitriles is 1. The second-order valence-corrected chi connectivity index (χ2v) is 7.92. The SMILES string of the molecule is C=CCNC(=O)/C(C#N)=C/c1cn(-c2ccccc2)nc1-c1ccc(SCCC)cc1. The first-order valence-electron chi connectivity index (χ1n) is 10.1. The van der Waals surface area contributed by atoms with E-state index >= 15 is 0 Å². The quantitative estimate of drug-likeness (QED) is 0.219. The number of aromatic nitrogens is 2. The first-order chi connectivity index (χ1) is 15.2. The highest BCUT2D eigenvalue weighted by Gasteiger charge is 2.15. The number of rotatable bonds is 9. The number of hydrogen-bond donors (Lipinski definition) is 1. The van der Waals surface area contributed by atoms with Crippen LogP contribution in [0.25, 0.3) is 23.0 Å². The van der Waals surface area contributed by atoms with Crippen molar-refractivity contribution in [2.45, 2.75) is 18.2 Å². The summed E-state index contributed by atoms with van der Waals surface area (Å²) < 4.78 is 1.76. The Balaban J connectivity index is 2.03. The molecule has 31 heavy (non-hydrogen) atoms. The zero-order chi connectivity index (χ0) is 22.1. The molecule has 3 rings (SSSR count). The molecule has 1 amide bonds. The highest BCUT2D eigenvalue weighted by molar-refractivity contribution is 7.99. The Kier molecular flexibility index (Phi) is 7.85. The zero-order valence-electron chi connectivity index (χ0n) is 17.4. The third kappa shape index (κ3) is 5.74. The molecule has 0 aliphatic carbocycles. The summed E-state index contributed by atoms with van der Waals surface area (Å²) in [5.74, 6) is 0.633. The molecule has 0 aliphatic rings. The Morgan fingerprint density at radius 2 is 1.97 bits per heavy atom. The summed E-state index contributed by atoms with van der Waals surface area (Å²) in [6, 6.07) is 19.9. The first-order valence-corrected chi connectivity index (χ1v) is 11.0. The van der Waals surface area contributed by atoms with E-state index in [9.17, 15) is 10.1 Å². The van der Waals surface area contributed by atoms with Crippen LogP contribution in [-0.4, -0.2) is 28.0 Å². The second-order valence-electron chi connectivity index (χ2n) is 6.75. The minimum absolute atomic E-state index is 0.0193. The third-order valence-electron chi connectivity index (χ3n) is 4.44. The number of para-hydroxylation sites is 1. The molecule has 1 heterocycles. The Morgan fingerprint density at radius 1 is 1.23 bits per heavy atom. The highest BCUT2D eigenvalue weighted by Crippen LogP contribution is 2.28. The molecule has 0 atom stereocenters. The van der Waals surface area contributed by atoms with Crippen LogP contribution in [0.1, 0.15) is 18.9 Å². The summed E-state index contributed by atoms with van der Waals surface area (Å²) >= 11 is 1.81. The van der Waals surface area contributed by atoms with E-state index in [0.29, 0.717) is 17.8 Å². The Bertz CT molecular complexity index is 1110. The summed E-state index contributed by atoms with van der Waals surface area (Å²) in [6.07, 6.45) is 6.11. The van der Waals surface area contributed by atoms with Gasteiger partial charge in [-0.25, -0.2) is 4.68 Å². The van der Waals surface area contributed by atoms with Crippen LogP contribution in [0.5, 0.6) is 0 Å². The summed E-state index contributed by atoms with van der Waals surface area (Å²) in [7, 11) is 0. The maximum Gasteiger partial charge on any atom is 0.262 e. The lowest BCUT2D eigenvalue weighted by Crippen LogP contribution is -2.24. The van der Waals surface area contributed by atoms with Gasteiger partial charge in [0.2, 0.25) is 0 Å². The molecule has 3 aromatic rings. The van der Waals surface area contributed by atoms with Gasteiger partial charge in [-0.1, -0.05) is 43.3 Å². The topological polar surface area (TPSA) is 70.7 Å². The summed E-state index contributed by atoms with van der Waals surface area (Å²) in [5.41, 5.74) is 3.24. The summed E-state index contributed by atoms with van der Waals surface area (Å²) in [6.45, 7) is 6.04. The highest BCUT2D eigenvalue weighted by atomic mass is 32.2. The monoisotopic (exact) mass is 428 g/mol. The van der Waals surface area contributed by atoms with Gasteiger partial charge in [-0.15, -0.1) is 18.3 Å². The molecule has 0 saturated carbocycles. The zero-order valence-corrected chi connectivity index (χ0v) is 18.2. The fraction of sp³-hybridized carbons (Fsp3) is 0.160. The molecule has 5 nitrogen and oxygen atoms in total. The lowest BCUT2D eigenvalue weighted by atomic mass is 10.1. The van der Waals surface area contributed by atoms with E-state index < -0.39 is 5.91 Å². The van der Waals surface area contributed by atoms with Crippen LogP contribution in [-0.2, 0) is 4.79 Å². The van der Waals surface area contributed by atoms with Gasteiger partial charge < -0.3 is 5.32 Å². The van der Waals surface area contributed by atoms with Crippen molar-refractivity contribution in [3.8, 4) is 23.0 Å². The number of nitrogens with zero attached hydrogens (tertiary/aromatic N) is 3. The molecule has 0 saturated heterocycles. The predicted molar refractivity (Wildman–Crippen MR) is 127 cm³/mol. The molecule has 0 fully saturated rings. The average molecular weight is 429 g/mol. The van der Waals surface area contributed by atoms with Crippen molar-refractivity contribution in [2.24, 2.45) is 0 Å². The second kappa shape index (κ2) is 11.0. The van der Waals surface area contributed by atoms with E-state index in [1.807, 2.05) is 66.5 Å².